The molecule has 0 aliphatic heterocycles. The number of nitrogens with one attached hydrogen (secondary N) is 1. The van der Waals surface area contributed by atoms with E-state index >= 15 is 0 Å². The SMILES string of the molecule is N#Cc1ccc(CS(=O)(=O)Nc2c(Cl)cccc2Cl)cc1. The molecule has 108 valence electrons. The van der Waals surface area contributed by atoms with Crippen molar-refractivity contribution in [1.29, 1.82) is 5.26 Å². The fourth-order valence-electron chi connectivity index (χ4n) is 1.68. The third kappa shape index (κ3) is 4.11. The number of hydrogen-bond acceptors (Lipinski definition) is 3. The highest BCUT2D eigenvalue weighted by atomic mass is 35.5. The monoisotopic (exact) mass is 340 g/mol. The molecule has 0 atom stereocenters. The second-order valence-electron chi connectivity index (χ2n) is 4.27. The summed E-state index contributed by atoms with van der Waals surface area (Å²) in [5, 5.41) is 9.16. The Kier molecular flexibility index (Phi) is 4.73. The second-order valence-corrected chi connectivity index (χ2v) is 6.80. The molecule has 0 radical (unpaired) electrons. The van der Waals surface area contributed by atoms with E-state index in [-0.39, 0.29) is 21.5 Å². The smallest absolute Gasteiger partial charge is 0.237 e. The van der Waals surface area contributed by atoms with Gasteiger partial charge in [-0.2, -0.15) is 5.26 Å². The summed E-state index contributed by atoms with van der Waals surface area (Å²) >= 11 is 11.9. The number of halogens is 2. The Bertz CT molecular complexity index is 776. The molecule has 0 aromatic heterocycles. The molecule has 0 saturated carbocycles. The molecule has 0 spiro atoms. The first kappa shape index (κ1) is 15.6. The van der Waals surface area contributed by atoms with Crippen LogP contribution in [0.2, 0.25) is 10.0 Å². The molecule has 0 bridgehead atoms. The minimum atomic E-state index is -3.65. The van der Waals surface area contributed by atoms with Crippen LogP contribution in [0.3, 0.4) is 0 Å². The van der Waals surface area contributed by atoms with Crippen molar-refractivity contribution in [3.8, 4) is 6.07 Å². The highest BCUT2D eigenvalue weighted by molar-refractivity contribution is 7.91. The first-order valence-corrected chi connectivity index (χ1v) is 8.25. The third-order valence-electron chi connectivity index (χ3n) is 2.66. The van der Waals surface area contributed by atoms with E-state index in [1.165, 1.54) is 0 Å². The number of nitriles is 1. The lowest BCUT2D eigenvalue weighted by atomic mass is 10.2. The molecular weight excluding hydrogens is 331 g/mol. The Morgan fingerprint density at radius 2 is 1.62 bits per heavy atom. The lowest BCUT2D eigenvalue weighted by Crippen LogP contribution is -2.15. The quantitative estimate of drug-likeness (QED) is 0.919. The predicted octanol–water partition coefficient (Wildman–Crippen LogP) is 3.81. The lowest BCUT2D eigenvalue weighted by molar-refractivity contribution is 0.600. The summed E-state index contributed by atoms with van der Waals surface area (Å²) in [7, 11) is -3.65. The van der Waals surface area contributed by atoms with E-state index in [4.69, 9.17) is 28.5 Å². The lowest BCUT2D eigenvalue weighted by Gasteiger charge is -2.11. The van der Waals surface area contributed by atoms with Crippen LogP contribution in [0.4, 0.5) is 5.69 Å². The van der Waals surface area contributed by atoms with Gasteiger partial charge in [0.25, 0.3) is 0 Å². The first-order valence-electron chi connectivity index (χ1n) is 5.85. The van der Waals surface area contributed by atoms with E-state index < -0.39 is 10.0 Å². The normalized spacial score (nSPS) is 10.9. The van der Waals surface area contributed by atoms with Gasteiger partial charge in [-0.05, 0) is 29.8 Å². The minimum absolute atomic E-state index is 0.162. The van der Waals surface area contributed by atoms with Gasteiger partial charge in [0, 0.05) is 0 Å². The molecule has 0 amide bonds. The van der Waals surface area contributed by atoms with Gasteiger partial charge in [0.15, 0.2) is 0 Å². The standard InChI is InChI=1S/C14H10Cl2N2O2S/c15-12-2-1-3-13(16)14(12)18-21(19,20)9-11-6-4-10(8-17)5-7-11/h1-7,18H,9H2. The van der Waals surface area contributed by atoms with Crippen molar-refractivity contribution in [3.63, 3.8) is 0 Å². The molecule has 0 aliphatic rings. The summed E-state index contributed by atoms with van der Waals surface area (Å²) in [4.78, 5) is 0. The molecule has 0 saturated heterocycles. The number of para-hydroxylation sites is 1. The Balaban J connectivity index is 2.21. The molecule has 0 fully saturated rings. The average Bonchev–Trinajstić information content (AvgIpc) is 2.43. The highest BCUT2D eigenvalue weighted by Crippen LogP contribution is 2.31. The van der Waals surface area contributed by atoms with Crippen molar-refractivity contribution in [2.45, 2.75) is 5.75 Å². The fraction of sp³-hybridized carbons (Fsp3) is 0.0714. The van der Waals surface area contributed by atoms with Crippen LogP contribution in [-0.2, 0) is 15.8 Å². The van der Waals surface area contributed by atoms with E-state index in [1.54, 1.807) is 42.5 Å². The van der Waals surface area contributed by atoms with Gasteiger partial charge in [0.1, 0.15) is 0 Å². The Labute approximate surface area is 133 Å². The summed E-state index contributed by atoms with van der Waals surface area (Å²) in [6.45, 7) is 0. The van der Waals surface area contributed by atoms with Crippen LogP contribution < -0.4 is 4.72 Å². The Morgan fingerprint density at radius 3 is 2.14 bits per heavy atom. The summed E-state index contributed by atoms with van der Waals surface area (Å²) < 4.78 is 26.6. The third-order valence-corrected chi connectivity index (χ3v) is 4.52. The van der Waals surface area contributed by atoms with Crippen molar-refractivity contribution in [2.75, 3.05) is 4.72 Å². The Morgan fingerprint density at radius 1 is 1.05 bits per heavy atom. The van der Waals surface area contributed by atoms with Crippen molar-refractivity contribution in [1.82, 2.24) is 0 Å². The zero-order valence-electron chi connectivity index (χ0n) is 10.7. The zero-order valence-corrected chi connectivity index (χ0v) is 13.0. The highest BCUT2D eigenvalue weighted by Gasteiger charge is 2.15. The minimum Gasteiger partial charge on any atom is -0.280 e. The first-order chi connectivity index (χ1) is 9.91. The van der Waals surface area contributed by atoms with Gasteiger partial charge in [0.2, 0.25) is 10.0 Å². The van der Waals surface area contributed by atoms with Gasteiger partial charge in [-0.25, -0.2) is 8.42 Å². The summed E-state index contributed by atoms with van der Waals surface area (Å²) in [5.74, 6) is -0.236. The van der Waals surface area contributed by atoms with Crippen molar-refractivity contribution >= 4 is 38.9 Å². The van der Waals surface area contributed by atoms with Crippen molar-refractivity contribution in [3.05, 3.63) is 63.6 Å². The zero-order chi connectivity index (χ0) is 15.5. The molecule has 2 aromatic rings. The van der Waals surface area contributed by atoms with Crippen molar-refractivity contribution in [2.24, 2.45) is 0 Å². The molecule has 1 N–H and O–H groups in total. The average molecular weight is 341 g/mol. The van der Waals surface area contributed by atoms with Gasteiger partial charge in [-0.3, -0.25) is 4.72 Å². The van der Waals surface area contributed by atoms with Crippen LogP contribution in [0.15, 0.2) is 42.5 Å². The molecule has 0 aliphatic carbocycles. The van der Waals surface area contributed by atoms with Crippen LogP contribution in [-0.4, -0.2) is 8.42 Å². The second kappa shape index (κ2) is 6.35. The molecule has 7 heteroatoms. The number of rotatable bonds is 4. The predicted molar refractivity (Wildman–Crippen MR) is 83.9 cm³/mol. The van der Waals surface area contributed by atoms with E-state index in [2.05, 4.69) is 4.72 Å². The van der Waals surface area contributed by atoms with Gasteiger partial charge < -0.3 is 0 Å². The molecular formula is C14H10Cl2N2O2S. The van der Waals surface area contributed by atoms with Gasteiger partial charge in [-0.1, -0.05) is 41.4 Å². The molecule has 4 nitrogen and oxygen atoms in total. The van der Waals surface area contributed by atoms with Crippen LogP contribution in [0.25, 0.3) is 0 Å². The summed E-state index contributed by atoms with van der Waals surface area (Å²) in [5.41, 5.74) is 1.19. The number of nitrogens with zero attached hydrogens (tertiary/aromatic N) is 1. The van der Waals surface area contributed by atoms with Crippen LogP contribution in [0.1, 0.15) is 11.1 Å². The number of benzene rings is 2. The van der Waals surface area contributed by atoms with E-state index in [0.717, 1.165) is 0 Å². The largest absolute Gasteiger partial charge is 0.280 e. The summed E-state index contributed by atoms with van der Waals surface area (Å²) in [6.07, 6.45) is 0. The molecule has 0 heterocycles. The molecule has 2 rings (SSSR count). The molecule has 2 aromatic carbocycles. The van der Waals surface area contributed by atoms with Crippen LogP contribution in [0.5, 0.6) is 0 Å². The summed E-state index contributed by atoms with van der Waals surface area (Å²) in [6, 6.07) is 13.0. The number of sulfonamides is 1. The van der Waals surface area contributed by atoms with Gasteiger partial charge in [-0.15, -0.1) is 0 Å². The molecule has 0 unspecified atom stereocenters. The van der Waals surface area contributed by atoms with E-state index in [9.17, 15) is 8.42 Å². The van der Waals surface area contributed by atoms with Crippen molar-refractivity contribution < 1.29 is 8.42 Å². The van der Waals surface area contributed by atoms with E-state index in [1.807, 2.05) is 6.07 Å². The number of hydrogen-bond donors (Lipinski definition) is 1. The maximum Gasteiger partial charge on any atom is 0.237 e. The Hall–Kier alpha value is -1.74. The number of anilines is 1. The topological polar surface area (TPSA) is 70.0 Å². The van der Waals surface area contributed by atoms with Gasteiger partial charge in [0.05, 0.1) is 33.1 Å². The van der Waals surface area contributed by atoms with Gasteiger partial charge >= 0.3 is 0 Å². The van der Waals surface area contributed by atoms with E-state index in [0.29, 0.717) is 11.1 Å². The van der Waals surface area contributed by atoms with Crippen LogP contribution in [0, 0.1) is 11.3 Å². The van der Waals surface area contributed by atoms with Crippen LogP contribution >= 0.6 is 23.2 Å². The fourth-order valence-corrected chi connectivity index (χ4v) is 3.52. The maximum absolute atomic E-state index is 12.1. The molecule has 21 heavy (non-hydrogen) atoms. The maximum atomic E-state index is 12.1.